The lowest BCUT2D eigenvalue weighted by molar-refractivity contribution is 0.197. The van der Waals surface area contributed by atoms with Gasteiger partial charge in [-0.05, 0) is 58.5 Å². The van der Waals surface area contributed by atoms with Crippen LogP contribution >= 0.6 is 0 Å². The first-order valence-electron chi connectivity index (χ1n) is 9.03. The van der Waals surface area contributed by atoms with Crippen molar-refractivity contribution in [1.82, 2.24) is 15.5 Å². The van der Waals surface area contributed by atoms with Crippen molar-refractivity contribution >= 4 is 5.96 Å². The first-order valence-corrected chi connectivity index (χ1v) is 9.03. The molecular weight excluding hydrogens is 312 g/mol. The maximum atomic E-state index is 5.74. The van der Waals surface area contributed by atoms with Crippen molar-refractivity contribution in [2.45, 2.75) is 46.2 Å². The third-order valence-corrected chi connectivity index (χ3v) is 4.44. The van der Waals surface area contributed by atoms with E-state index in [2.05, 4.69) is 81.4 Å². The minimum Gasteiger partial charge on any atom is -0.493 e. The van der Waals surface area contributed by atoms with E-state index in [1.807, 2.05) is 12.1 Å². The van der Waals surface area contributed by atoms with Gasteiger partial charge in [0.2, 0.25) is 0 Å². The maximum absolute atomic E-state index is 5.74. The molecule has 1 rings (SSSR count). The van der Waals surface area contributed by atoms with Gasteiger partial charge in [-0.3, -0.25) is 4.99 Å². The third-order valence-electron chi connectivity index (χ3n) is 4.44. The monoisotopic (exact) mass is 348 g/mol. The lowest BCUT2D eigenvalue weighted by Crippen LogP contribution is -2.51. The molecule has 0 aliphatic carbocycles. The van der Waals surface area contributed by atoms with Crippen molar-refractivity contribution in [3.05, 3.63) is 29.8 Å². The van der Waals surface area contributed by atoms with E-state index in [0.29, 0.717) is 5.92 Å². The molecule has 0 aliphatic rings. The van der Waals surface area contributed by atoms with Gasteiger partial charge in [-0.25, -0.2) is 0 Å². The highest BCUT2D eigenvalue weighted by atomic mass is 16.5. The van der Waals surface area contributed by atoms with Gasteiger partial charge in [0, 0.05) is 19.1 Å². The number of ether oxygens (including phenoxy) is 1. The van der Waals surface area contributed by atoms with Crippen LogP contribution in [0.15, 0.2) is 29.3 Å². The molecule has 5 nitrogen and oxygen atoms in total. The number of aliphatic imine (C=N–C) groups is 1. The van der Waals surface area contributed by atoms with Gasteiger partial charge in [0.1, 0.15) is 5.75 Å². The second-order valence-corrected chi connectivity index (χ2v) is 7.77. The van der Waals surface area contributed by atoms with Gasteiger partial charge >= 0.3 is 0 Å². The Bertz CT molecular complexity index is 535. The van der Waals surface area contributed by atoms with E-state index in [1.54, 1.807) is 7.05 Å². The van der Waals surface area contributed by atoms with Crippen LogP contribution in [0.3, 0.4) is 0 Å². The summed E-state index contributed by atoms with van der Waals surface area (Å²) in [7, 11) is 5.97. The van der Waals surface area contributed by atoms with Crippen molar-refractivity contribution in [1.29, 1.82) is 0 Å². The largest absolute Gasteiger partial charge is 0.493 e. The summed E-state index contributed by atoms with van der Waals surface area (Å²) in [6.45, 7) is 12.4. The van der Waals surface area contributed by atoms with Gasteiger partial charge in [-0.2, -0.15) is 0 Å². The molecule has 0 bridgehead atoms. The SMILES string of the molecule is CN=C(NCC(C)(C)N(C)C)NC(C)c1ccc(OCC(C)C)cc1. The molecule has 0 heterocycles. The number of hydrogen-bond donors (Lipinski definition) is 2. The molecule has 25 heavy (non-hydrogen) atoms. The Morgan fingerprint density at radius 2 is 1.76 bits per heavy atom. The molecule has 0 amide bonds. The van der Waals surface area contributed by atoms with Crippen LogP contribution in [0.2, 0.25) is 0 Å². The molecule has 1 unspecified atom stereocenters. The maximum Gasteiger partial charge on any atom is 0.191 e. The predicted molar refractivity (Wildman–Crippen MR) is 107 cm³/mol. The van der Waals surface area contributed by atoms with Gasteiger partial charge in [0.05, 0.1) is 12.6 Å². The molecule has 1 aromatic rings. The fourth-order valence-electron chi connectivity index (χ4n) is 2.06. The topological polar surface area (TPSA) is 48.9 Å². The van der Waals surface area contributed by atoms with Crippen molar-refractivity contribution in [3.63, 3.8) is 0 Å². The second kappa shape index (κ2) is 9.66. The van der Waals surface area contributed by atoms with Crippen LogP contribution in [0.25, 0.3) is 0 Å². The lowest BCUT2D eigenvalue weighted by atomic mass is 10.0. The molecule has 0 radical (unpaired) electrons. The molecule has 1 aromatic carbocycles. The molecule has 0 spiro atoms. The van der Waals surface area contributed by atoms with Crippen molar-refractivity contribution in [2.24, 2.45) is 10.9 Å². The molecule has 142 valence electrons. The van der Waals surface area contributed by atoms with E-state index in [1.165, 1.54) is 5.56 Å². The zero-order valence-electron chi connectivity index (χ0n) is 17.2. The van der Waals surface area contributed by atoms with Gasteiger partial charge in [-0.15, -0.1) is 0 Å². The van der Waals surface area contributed by atoms with Crippen LogP contribution in [-0.4, -0.2) is 50.7 Å². The summed E-state index contributed by atoms with van der Waals surface area (Å²) in [5, 5.41) is 6.85. The lowest BCUT2D eigenvalue weighted by Gasteiger charge is -2.33. The Morgan fingerprint density at radius 1 is 1.16 bits per heavy atom. The average Bonchev–Trinajstić information content (AvgIpc) is 2.56. The molecule has 0 saturated heterocycles. The third kappa shape index (κ3) is 7.34. The van der Waals surface area contributed by atoms with Gasteiger partial charge in [-0.1, -0.05) is 26.0 Å². The minimum absolute atomic E-state index is 0.0518. The Hall–Kier alpha value is -1.75. The smallest absolute Gasteiger partial charge is 0.191 e. The van der Waals surface area contributed by atoms with Crippen molar-refractivity contribution in [2.75, 3.05) is 34.3 Å². The number of nitrogens with one attached hydrogen (secondary N) is 2. The molecule has 1 atom stereocenters. The quantitative estimate of drug-likeness (QED) is 0.559. The fraction of sp³-hybridized carbons (Fsp3) is 0.650. The number of likely N-dealkylation sites (N-methyl/N-ethyl adjacent to an activating group) is 1. The molecule has 5 heteroatoms. The van der Waals surface area contributed by atoms with Crippen LogP contribution in [0, 0.1) is 5.92 Å². The molecule has 0 fully saturated rings. The summed E-state index contributed by atoms with van der Waals surface area (Å²) in [4.78, 5) is 6.53. The summed E-state index contributed by atoms with van der Waals surface area (Å²) in [6.07, 6.45) is 0. The summed E-state index contributed by atoms with van der Waals surface area (Å²) in [5.74, 6) is 2.25. The number of nitrogens with zero attached hydrogens (tertiary/aromatic N) is 2. The number of guanidine groups is 1. The molecule has 0 aromatic heterocycles. The Labute approximate surface area is 153 Å². The Morgan fingerprint density at radius 3 is 2.24 bits per heavy atom. The van der Waals surface area contributed by atoms with Crippen LogP contribution < -0.4 is 15.4 Å². The predicted octanol–water partition coefficient (Wildman–Crippen LogP) is 3.29. The summed E-state index contributed by atoms with van der Waals surface area (Å²) < 4.78 is 5.74. The standard InChI is InChI=1S/C20H36N4O/c1-15(2)13-25-18-11-9-17(10-12-18)16(3)23-19(21-6)22-14-20(4,5)24(7)8/h9-12,15-16H,13-14H2,1-8H3,(H2,21,22,23). The number of benzene rings is 1. The Balaban J connectivity index is 2.59. The van der Waals surface area contributed by atoms with Crippen molar-refractivity contribution < 1.29 is 4.74 Å². The van der Waals surface area contributed by atoms with E-state index in [0.717, 1.165) is 24.9 Å². The highest BCUT2D eigenvalue weighted by Gasteiger charge is 2.20. The highest BCUT2D eigenvalue weighted by Crippen LogP contribution is 2.18. The van der Waals surface area contributed by atoms with Crippen LogP contribution in [-0.2, 0) is 0 Å². The highest BCUT2D eigenvalue weighted by molar-refractivity contribution is 5.80. The number of rotatable bonds is 8. The summed E-state index contributed by atoms with van der Waals surface area (Å²) in [6, 6.07) is 8.42. The van der Waals surface area contributed by atoms with Gasteiger partial charge in [0.15, 0.2) is 5.96 Å². The summed E-state index contributed by atoms with van der Waals surface area (Å²) in [5.41, 5.74) is 1.25. The van der Waals surface area contributed by atoms with E-state index in [9.17, 15) is 0 Å². The van der Waals surface area contributed by atoms with Crippen LogP contribution in [0.4, 0.5) is 0 Å². The first-order chi connectivity index (χ1) is 11.7. The zero-order chi connectivity index (χ0) is 19.0. The summed E-state index contributed by atoms with van der Waals surface area (Å²) >= 11 is 0. The minimum atomic E-state index is 0.0518. The Kier molecular flexibility index (Phi) is 8.23. The molecule has 0 aliphatic heterocycles. The van der Waals surface area contributed by atoms with E-state index in [-0.39, 0.29) is 11.6 Å². The van der Waals surface area contributed by atoms with E-state index in [4.69, 9.17) is 4.74 Å². The average molecular weight is 349 g/mol. The van der Waals surface area contributed by atoms with E-state index < -0.39 is 0 Å². The molecule has 2 N–H and O–H groups in total. The van der Waals surface area contributed by atoms with E-state index >= 15 is 0 Å². The molecular formula is C20H36N4O. The molecule has 0 saturated carbocycles. The van der Waals surface area contributed by atoms with Gasteiger partial charge in [0.25, 0.3) is 0 Å². The van der Waals surface area contributed by atoms with Gasteiger partial charge < -0.3 is 20.3 Å². The number of hydrogen-bond acceptors (Lipinski definition) is 3. The second-order valence-electron chi connectivity index (χ2n) is 7.77. The van der Waals surface area contributed by atoms with Crippen LogP contribution in [0.1, 0.15) is 46.2 Å². The fourth-order valence-corrected chi connectivity index (χ4v) is 2.06. The van der Waals surface area contributed by atoms with Crippen molar-refractivity contribution in [3.8, 4) is 5.75 Å². The normalized spacial score (nSPS) is 13.9. The zero-order valence-corrected chi connectivity index (χ0v) is 17.2. The first kappa shape index (κ1) is 21.3. The van der Waals surface area contributed by atoms with Crippen LogP contribution in [0.5, 0.6) is 5.75 Å².